The van der Waals surface area contributed by atoms with Crippen molar-refractivity contribution in [2.45, 2.75) is 63.4 Å². The number of ether oxygens (including phenoxy) is 3. The van der Waals surface area contributed by atoms with Crippen molar-refractivity contribution in [2.24, 2.45) is 0 Å². The molecule has 0 saturated carbocycles. The lowest BCUT2D eigenvalue weighted by Crippen LogP contribution is -2.68. The Morgan fingerprint density at radius 2 is 1.92 bits per heavy atom. The molecule has 1 aliphatic rings. The fourth-order valence-corrected chi connectivity index (χ4v) is 3.98. The zero-order chi connectivity index (χ0) is 26.8. The van der Waals surface area contributed by atoms with Crippen molar-refractivity contribution in [2.75, 3.05) is 6.61 Å². The largest absolute Gasteiger partial charge is 0.476 e. The second-order valence-corrected chi connectivity index (χ2v) is 8.51. The number of carbonyl (C=O) groups is 3. The van der Waals surface area contributed by atoms with Crippen molar-refractivity contribution in [3.05, 3.63) is 40.2 Å². The molecule has 13 nitrogen and oxygen atoms in total. The van der Waals surface area contributed by atoms with Gasteiger partial charge in [-0.2, -0.15) is 0 Å². The quantitative estimate of drug-likeness (QED) is 0.219. The minimum absolute atomic E-state index is 0.0995. The van der Waals surface area contributed by atoms with Gasteiger partial charge in [0.2, 0.25) is 5.91 Å². The number of nitrogens with one attached hydrogen (secondary N) is 1. The fraction of sp³-hybridized carbons (Fsp3) is 0.478. The van der Waals surface area contributed by atoms with Crippen LogP contribution in [0.4, 0.5) is 0 Å². The molecule has 6 atom stereocenters. The van der Waals surface area contributed by atoms with Gasteiger partial charge < -0.3 is 44.4 Å². The summed E-state index contributed by atoms with van der Waals surface area (Å²) in [5, 5.41) is 44.7. The van der Waals surface area contributed by atoms with Gasteiger partial charge in [-0.15, -0.1) is 0 Å². The van der Waals surface area contributed by atoms with Gasteiger partial charge in [-0.05, 0) is 24.6 Å². The number of carboxylic acids is 1. The summed E-state index contributed by atoms with van der Waals surface area (Å²) in [5.41, 5.74) is 0.102. The van der Waals surface area contributed by atoms with Gasteiger partial charge in [0.25, 0.3) is 0 Å². The molecule has 2 heterocycles. The lowest BCUT2D eigenvalue weighted by molar-refractivity contribution is -0.284. The monoisotopic (exact) mass is 509 g/mol. The standard InChI is InChI=1S/C23H27NO12/c1-10-6-18(29)34-17-7-13(4-5-14(10)17)35-23(22(31)32)8-15(27)19(24-11(2)25)21(36-23)20(30)16(28)9-33-12(3)26/h4-7,15-16,19-21,27-28,30H,8-9H2,1-3H3,(H,24,25)(H,31,32)/t15-,16+,19+,20+,21+,23+/m0/s1. The van der Waals surface area contributed by atoms with Gasteiger partial charge in [0.15, 0.2) is 0 Å². The van der Waals surface area contributed by atoms with Crippen LogP contribution in [-0.2, 0) is 23.9 Å². The first-order valence-corrected chi connectivity index (χ1v) is 10.9. The van der Waals surface area contributed by atoms with Crippen LogP contribution in [0.2, 0.25) is 0 Å². The first-order valence-electron chi connectivity index (χ1n) is 10.9. The van der Waals surface area contributed by atoms with Crippen molar-refractivity contribution in [3.8, 4) is 5.75 Å². The van der Waals surface area contributed by atoms with E-state index >= 15 is 0 Å². The van der Waals surface area contributed by atoms with E-state index in [4.69, 9.17) is 13.9 Å². The van der Waals surface area contributed by atoms with Gasteiger partial charge in [0.1, 0.15) is 36.3 Å². The Labute approximate surface area is 204 Å². The Morgan fingerprint density at radius 3 is 2.53 bits per heavy atom. The number of fused-ring (bicyclic) bond motifs is 1. The summed E-state index contributed by atoms with van der Waals surface area (Å²) in [6, 6.07) is 4.14. The summed E-state index contributed by atoms with van der Waals surface area (Å²) in [4.78, 5) is 46.9. The molecule has 2 aromatic rings. The first kappa shape index (κ1) is 27.1. The number of rotatable bonds is 8. The maximum absolute atomic E-state index is 12.3. The Kier molecular flexibility index (Phi) is 7.99. The van der Waals surface area contributed by atoms with E-state index in [0.717, 1.165) is 13.8 Å². The van der Waals surface area contributed by atoms with Gasteiger partial charge in [-0.1, -0.05) is 0 Å². The number of hydrogen-bond acceptors (Lipinski definition) is 11. The van der Waals surface area contributed by atoms with Crippen LogP contribution < -0.4 is 15.7 Å². The van der Waals surface area contributed by atoms with Crippen LogP contribution in [0.15, 0.2) is 33.5 Å². The number of carbonyl (C=O) groups excluding carboxylic acids is 2. The van der Waals surface area contributed by atoms with Crippen molar-refractivity contribution in [1.29, 1.82) is 0 Å². The SMILES string of the molecule is CC(=O)N[C@H]1[C@H]([C@H](O)[C@H](O)COC(C)=O)O[C@@](Oc2ccc3c(C)cc(=O)oc3c2)(C(=O)O)C[C@@H]1O. The molecule has 196 valence electrons. The molecule has 3 rings (SSSR count). The van der Waals surface area contributed by atoms with Gasteiger partial charge in [0.05, 0.1) is 18.6 Å². The molecule has 36 heavy (non-hydrogen) atoms. The Balaban J connectivity index is 1.98. The normalized spacial score (nSPS) is 25.6. The van der Waals surface area contributed by atoms with E-state index in [9.17, 15) is 39.6 Å². The summed E-state index contributed by atoms with van der Waals surface area (Å²) in [6.45, 7) is 3.24. The maximum Gasteiger partial charge on any atom is 0.377 e. The second-order valence-electron chi connectivity index (χ2n) is 8.51. The van der Waals surface area contributed by atoms with Crippen LogP contribution in [0.1, 0.15) is 25.8 Å². The van der Waals surface area contributed by atoms with Crippen molar-refractivity contribution >= 4 is 28.8 Å². The van der Waals surface area contributed by atoms with Gasteiger partial charge >= 0.3 is 23.4 Å². The lowest BCUT2D eigenvalue weighted by atomic mass is 9.88. The fourth-order valence-electron chi connectivity index (χ4n) is 3.98. The Bertz CT molecular complexity index is 1210. The van der Waals surface area contributed by atoms with Crippen molar-refractivity contribution in [3.63, 3.8) is 0 Å². The number of esters is 1. The van der Waals surface area contributed by atoms with E-state index in [1.54, 1.807) is 6.92 Å². The lowest BCUT2D eigenvalue weighted by Gasteiger charge is -2.46. The highest BCUT2D eigenvalue weighted by atomic mass is 16.7. The molecule has 1 amide bonds. The molecular weight excluding hydrogens is 482 g/mol. The Morgan fingerprint density at radius 1 is 1.22 bits per heavy atom. The molecule has 0 radical (unpaired) electrons. The number of amides is 1. The molecule has 0 aliphatic carbocycles. The molecule has 1 aromatic heterocycles. The zero-order valence-corrected chi connectivity index (χ0v) is 19.7. The summed E-state index contributed by atoms with van der Waals surface area (Å²) in [7, 11) is 0. The van der Waals surface area contributed by atoms with E-state index in [2.05, 4.69) is 10.1 Å². The van der Waals surface area contributed by atoms with Crippen LogP contribution in [0.25, 0.3) is 11.0 Å². The molecule has 1 saturated heterocycles. The molecule has 1 fully saturated rings. The van der Waals surface area contributed by atoms with E-state index in [1.807, 2.05) is 0 Å². The maximum atomic E-state index is 12.3. The number of benzene rings is 1. The average molecular weight is 509 g/mol. The van der Waals surface area contributed by atoms with E-state index < -0.39 is 72.7 Å². The number of carboxylic acid groups (broad SMARTS) is 1. The molecular formula is C23H27NO12. The highest BCUT2D eigenvalue weighted by Crippen LogP contribution is 2.35. The third kappa shape index (κ3) is 5.82. The van der Waals surface area contributed by atoms with E-state index in [-0.39, 0.29) is 11.3 Å². The van der Waals surface area contributed by atoms with Crippen molar-refractivity contribution < 1.29 is 53.4 Å². The van der Waals surface area contributed by atoms with Crippen LogP contribution in [-0.4, -0.2) is 81.1 Å². The van der Waals surface area contributed by atoms with Gasteiger partial charge in [0, 0.05) is 31.4 Å². The van der Waals surface area contributed by atoms with Crippen LogP contribution in [0, 0.1) is 6.92 Å². The molecule has 1 aromatic carbocycles. The number of aliphatic carboxylic acids is 1. The summed E-state index contributed by atoms with van der Waals surface area (Å²) in [5.74, 6) is -5.74. The van der Waals surface area contributed by atoms with E-state index in [1.165, 1.54) is 24.3 Å². The van der Waals surface area contributed by atoms with E-state index in [0.29, 0.717) is 10.9 Å². The molecule has 5 N–H and O–H groups in total. The third-order valence-corrected chi connectivity index (χ3v) is 5.66. The Hall–Kier alpha value is -3.52. The number of hydrogen-bond donors (Lipinski definition) is 5. The predicted octanol–water partition coefficient (Wildman–Crippen LogP) is -0.799. The molecule has 13 heteroatoms. The second kappa shape index (κ2) is 10.6. The molecule has 0 bridgehead atoms. The number of aliphatic hydroxyl groups is 3. The minimum Gasteiger partial charge on any atom is -0.476 e. The smallest absolute Gasteiger partial charge is 0.377 e. The molecule has 1 aliphatic heterocycles. The molecule has 0 spiro atoms. The highest BCUT2D eigenvalue weighted by molar-refractivity contribution is 5.82. The van der Waals surface area contributed by atoms with Crippen LogP contribution in [0.5, 0.6) is 5.75 Å². The summed E-state index contributed by atoms with van der Waals surface area (Å²) in [6.07, 6.45) is -7.69. The molecule has 0 unspecified atom stereocenters. The topological polar surface area (TPSA) is 202 Å². The zero-order valence-electron chi connectivity index (χ0n) is 19.7. The van der Waals surface area contributed by atoms with Crippen LogP contribution >= 0.6 is 0 Å². The van der Waals surface area contributed by atoms with Crippen LogP contribution in [0.3, 0.4) is 0 Å². The minimum atomic E-state index is -2.58. The highest BCUT2D eigenvalue weighted by Gasteiger charge is 2.56. The number of aryl methyl sites for hydroxylation is 1. The summed E-state index contributed by atoms with van der Waals surface area (Å²) < 4.78 is 21.1. The summed E-state index contributed by atoms with van der Waals surface area (Å²) >= 11 is 0. The van der Waals surface area contributed by atoms with Gasteiger partial charge in [-0.25, -0.2) is 9.59 Å². The first-order chi connectivity index (χ1) is 16.8. The van der Waals surface area contributed by atoms with Crippen molar-refractivity contribution in [1.82, 2.24) is 5.32 Å². The average Bonchev–Trinajstić information content (AvgIpc) is 2.77. The number of aliphatic hydroxyl groups excluding tert-OH is 3. The van der Waals surface area contributed by atoms with Gasteiger partial charge in [-0.3, -0.25) is 9.59 Å². The predicted molar refractivity (Wildman–Crippen MR) is 120 cm³/mol. The third-order valence-electron chi connectivity index (χ3n) is 5.66.